The van der Waals surface area contributed by atoms with Crippen molar-refractivity contribution < 1.29 is 9.47 Å². The van der Waals surface area contributed by atoms with Crippen molar-refractivity contribution in [2.75, 3.05) is 38.3 Å². The van der Waals surface area contributed by atoms with E-state index in [1.165, 1.54) is 0 Å². The maximum atomic E-state index is 5.84. The van der Waals surface area contributed by atoms with Gasteiger partial charge in [-0.15, -0.1) is 0 Å². The lowest BCUT2D eigenvalue weighted by Crippen LogP contribution is -2.46. The molecule has 0 saturated carbocycles. The predicted octanol–water partition coefficient (Wildman–Crippen LogP) is 3.86. The first-order chi connectivity index (χ1) is 14.2. The number of fused-ring (bicyclic) bond motifs is 1. The second kappa shape index (κ2) is 9.30. The van der Waals surface area contributed by atoms with Crippen molar-refractivity contribution in [1.29, 1.82) is 0 Å². The Kier molecular flexibility index (Phi) is 6.54. The van der Waals surface area contributed by atoms with Crippen molar-refractivity contribution in [1.82, 2.24) is 9.97 Å². The molecule has 29 heavy (non-hydrogen) atoms. The second-order valence-corrected chi connectivity index (χ2v) is 8.64. The molecule has 1 saturated heterocycles. The van der Waals surface area contributed by atoms with Crippen LogP contribution in [0.25, 0.3) is 11.0 Å². The van der Waals surface area contributed by atoms with Crippen molar-refractivity contribution in [2.45, 2.75) is 16.9 Å². The van der Waals surface area contributed by atoms with Crippen LogP contribution in [0.1, 0.15) is 5.56 Å². The van der Waals surface area contributed by atoms with E-state index in [2.05, 4.69) is 26.9 Å². The minimum absolute atomic E-state index is 0.0139. The molecule has 1 fully saturated rings. The van der Waals surface area contributed by atoms with Crippen molar-refractivity contribution in [3.63, 3.8) is 0 Å². The fourth-order valence-corrected chi connectivity index (χ4v) is 4.73. The van der Waals surface area contributed by atoms with Crippen molar-refractivity contribution >= 4 is 44.5 Å². The Morgan fingerprint density at radius 3 is 2.79 bits per heavy atom. The molecule has 1 aliphatic rings. The average molecular weight is 475 g/mol. The Morgan fingerprint density at radius 2 is 2.03 bits per heavy atom. The third-order valence-corrected chi connectivity index (χ3v) is 6.33. The summed E-state index contributed by atoms with van der Waals surface area (Å²) in [6.45, 7) is 2.63. The number of benzene rings is 2. The number of anilines is 1. The van der Waals surface area contributed by atoms with Gasteiger partial charge in [0.2, 0.25) is 0 Å². The number of aromatic nitrogens is 2. The first-order valence-electron chi connectivity index (χ1n) is 9.46. The van der Waals surface area contributed by atoms with Crippen LogP contribution in [0.2, 0.25) is 0 Å². The van der Waals surface area contributed by atoms with Crippen LogP contribution in [0.15, 0.2) is 52.0 Å². The normalized spacial score (nSPS) is 16.9. The number of nitrogens with zero attached hydrogens (tertiary/aromatic N) is 3. The fraction of sp³-hybridized carbons (Fsp3) is 0.333. The van der Waals surface area contributed by atoms with Crippen LogP contribution in [0, 0.1) is 0 Å². The highest BCUT2D eigenvalue weighted by molar-refractivity contribution is 9.10. The molecular formula is C21H23BrN4O2S. The summed E-state index contributed by atoms with van der Waals surface area (Å²) in [6, 6.07) is 14.0. The van der Waals surface area contributed by atoms with Crippen LogP contribution in [-0.2, 0) is 10.5 Å². The summed E-state index contributed by atoms with van der Waals surface area (Å²) < 4.78 is 12.3. The lowest BCUT2D eigenvalue weighted by molar-refractivity contribution is 0.0461. The summed E-state index contributed by atoms with van der Waals surface area (Å²) >= 11 is 5.22. The highest BCUT2D eigenvalue weighted by Crippen LogP contribution is 2.35. The Labute approximate surface area is 182 Å². The Balaban J connectivity index is 1.68. The number of hydrogen-bond acceptors (Lipinski definition) is 7. The number of para-hydroxylation sites is 2. The molecule has 152 valence electrons. The topological polar surface area (TPSA) is 73.5 Å². The summed E-state index contributed by atoms with van der Waals surface area (Å²) in [5, 5.41) is 0.906. The zero-order chi connectivity index (χ0) is 20.2. The number of halogens is 1. The van der Waals surface area contributed by atoms with Gasteiger partial charge in [-0.1, -0.05) is 39.8 Å². The molecule has 1 unspecified atom stereocenters. The van der Waals surface area contributed by atoms with Gasteiger partial charge in [0.15, 0.2) is 5.82 Å². The van der Waals surface area contributed by atoms with Gasteiger partial charge in [-0.2, -0.15) is 0 Å². The fourth-order valence-electron chi connectivity index (χ4n) is 3.34. The van der Waals surface area contributed by atoms with Crippen LogP contribution in [0.5, 0.6) is 5.75 Å². The van der Waals surface area contributed by atoms with Gasteiger partial charge < -0.3 is 20.1 Å². The molecule has 8 heteroatoms. The van der Waals surface area contributed by atoms with Crippen molar-refractivity contribution in [3.8, 4) is 5.75 Å². The molecule has 3 aromatic rings. The maximum Gasteiger partial charge on any atom is 0.162 e. The average Bonchev–Trinajstić information content (AvgIpc) is 2.77. The smallest absolute Gasteiger partial charge is 0.162 e. The molecule has 0 amide bonds. The summed E-state index contributed by atoms with van der Waals surface area (Å²) in [4.78, 5) is 12.1. The summed E-state index contributed by atoms with van der Waals surface area (Å²) in [7, 11) is 1.69. The monoisotopic (exact) mass is 474 g/mol. The number of hydrogen-bond donors (Lipinski definition) is 1. The van der Waals surface area contributed by atoms with Gasteiger partial charge in [-0.25, -0.2) is 9.97 Å². The van der Waals surface area contributed by atoms with E-state index in [9.17, 15) is 0 Å². The van der Waals surface area contributed by atoms with Crippen LogP contribution >= 0.6 is 27.7 Å². The van der Waals surface area contributed by atoms with Crippen LogP contribution in [0.4, 0.5) is 5.82 Å². The van der Waals surface area contributed by atoms with Gasteiger partial charge in [0, 0.05) is 35.4 Å². The third kappa shape index (κ3) is 4.66. The molecule has 4 rings (SSSR count). The number of morpholine rings is 1. The number of thioether (sulfide) groups is 1. The van der Waals surface area contributed by atoms with E-state index >= 15 is 0 Å². The van der Waals surface area contributed by atoms with E-state index in [1.807, 2.05) is 36.4 Å². The number of rotatable bonds is 6. The van der Waals surface area contributed by atoms with Gasteiger partial charge in [0.1, 0.15) is 10.8 Å². The highest BCUT2D eigenvalue weighted by Gasteiger charge is 2.24. The molecule has 0 radical (unpaired) electrons. The molecule has 2 N–H and O–H groups in total. The maximum absolute atomic E-state index is 5.84. The van der Waals surface area contributed by atoms with Gasteiger partial charge in [-0.05, 0) is 30.3 Å². The van der Waals surface area contributed by atoms with E-state index in [1.54, 1.807) is 18.9 Å². The first-order valence-corrected chi connectivity index (χ1v) is 11.2. The van der Waals surface area contributed by atoms with Crippen LogP contribution < -0.4 is 15.4 Å². The number of ether oxygens (including phenoxy) is 2. The van der Waals surface area contributed by atoms with Gasteiger partial charge >= 0.3 is 0 Å². The standard InChI is InChI=1S/C21H23BrN4O2S/c1-27-19-7-6-15(22)10-14(19)13-29-21-20(26-8-9-28-16(11-23)12-26)24-17-4-2-3-5-18(17)25-21/h2-7,10,16H,8-9,11-13,23H2,1H3. The van der Waals surface area contributed by atoms with E-state index in [0.29, 0.717) is 13.2 Å². The Morgan fingerprint density at radius 1 is 1.24 bits per heavy atom. The number of nitrogens with two attached hydrogens (primary N) is 1. The number of methoxy groups -OCH3 is 1. The molecule has 2 heterocycles. The SMILES string of the molecule is COc1ccc(Br)cc1CSc1nc2ccccc2nc1N1CCOC(CN)C1. The van der Waals surface area contributed by atoms with Gasteiger partial charge in [-0.3, -0.25) is 0 Å². The molecule has 1 aromatic heterocycles. The third-order valence-electron chi connectivity index (χ3n) is 4.83. The quantitative estimate of drug-likeness (QED) is 0.543. The minimum Gasteiger partial charge on any atom is -0.496 e. The zero-order valence-corrected chi connectivity index (χ0v) is 18.6. The molecule has 2 aromatic carbocycles. The first kappa shape index (κ1) is 20.4. The molecule has 1 atom stereocenters. The zero-order valence-electron chi connectivity index (χ0n) is 16.2. The molecule has 0 aliphatic carbocycles. The Bertz CT molecular complexity index is 1000. The molecule has 6 nitrogen and oxygen atoms in total. The summed E-state index contributed by atoms with van der Waals surface area (Å²) in [5.74, 6) is 2.49. The molecule has 0 bridgehead atoms. The second-order valence-electron chi connectivity index (χ2n) is 6.76. The van der Waals surface area contributed by atoms with Crippen LogP contribution in [-0.4, -0.2) is 49.4 Å². The summed E-state index contributed by atoms with van der Waals surface area (Å²) in [6.07, 6.45) is 0.0139. The summed E-state index contributed by atoms with van der Waals surface area (Å²) in [5.41, 5.74) is 8.73. The van der Waals surface area contributed by atoms with Crippen molar-refractivity contribution in [3.05, 3.63) is 52.5 Å². The highest BCUT2D eigenvalue weighted by atomic mass is 79.9. The molecular weight excluding hydrogens is 452 g/mol. The minimum atomic E-state index is 0.0139. The lowest BCUT2D eigenvalue weighted by atomic mass is 10.2. The van der Waals surface area contributed by atoms with E-state index in [-0.39, 0.29) is 6.10 Å². The Hall–Kier alpha value is -1.87. The predicted molar refractivity (Wildman–Crippen MR) is 121 cm³/mol. The lowest BCUT2D eigenvalue weighted by Gasteiger charge is -2.33. The van der Waals surface area contributed by atoms with E-state index < -0.39 is 0 Å². The van der Waals surface area contributed by atoms with E-state index in [0.717, 1.165) is 56.5 Å². The van der Waals surface area contributed by atoms with Gasteiger partial charge in [0.05, 0.1) is 30.9 Å². The van der Waals surface area contributed by atoms with Crippen molar-refractivity contribution in [2.24, 2.45) is 5.73 Å². The molecule has 1 aliphatic heterocycles. The molecule has 0 spiro atoms. The van der Waals surface area contributed by atoms with E-state index in [4.69, 9.17) is 25.2 Å². The largest absolute Gasteiger partial charge is 0.496 e. The van der Waals surface area contributed by atoms with Gasteiger partial charge in [0.25, 0.3) is 0 Å². The van der Waals surface area contributed by atoms with Crippen LogP contribution in [0.3, 0.4) is 0 Å².